The maximum absolute atomic E-state index is 11.4. The van der Waals surface area contributed by atoms with E-state index in [-0.39, 0.29) is 0 Å². The van der Waals surface area contributed by atoms with Gasteiger partial charge in [-0.05, 0) is 25.3 Å². The molecule has 0 saturated heterocycles. The van der Waals surface area contributed by atoms with E-state index in [0.29, 0.717) is 18.4 Å². The number of carboxylic acid groups (broad SMARTS) is 1. The lowest BCUT2D eigenvalue weighted by molar-refractivity contribution is -0.144. The minimum absolute atomic E-state index is 0.306. The van der Waals surface area contributed by atoms with Crippen LogP contribution in [0.4, 0.5) is 0 Å². The first kappa shape index (κ1) is 13.1. The Morgan fingerprint density at radius 1 is 1.44 bits per heavy atom. The molecule has 0 aliphatic heterocycles. The number of nitrogens with one attached hydrogen (secondary N) is 1. The van der Waals surface area contributed by atoms with E-state index in [1.54, 1.807) is 6.92 Å². The van der Waals surface area contributed by atoms with Crippen molar-refractivity contribution in [3.63, 3.8) is 0 Å². The van der Waals surface area contributed by atoms with Crippen LogP contribution in [0.15, 0.2) is 30.3 Å². The Hall–Kier alpha value is -1.35. The van der Waals surface area contributed by atoms with Gasteiger partial charge in [-0.25, -0.2) is 0 Å². The zero-order valence-corrected chi connectivity index (χ0v) is 11.0. The van der Waals surface area contributed by atoms with Crippen molar-refractivity contribution in [2.45, 2.75) is 50.6 Å². The summed E-state index contributed by atoms with van der Waals surface area (Å²) >= 11 is 0. The number of carboxylic acids is 1. The average Bonchev–Trinajstić information content (AvgIpc) is 3.09. The number of hydrogen-bond acceptors (Lipinski definition) is 2. The molecule has 2 N–H and O–H groups in total. The van der Waals surface area contributed by atoms with E-state index in [2.05, 4.69) is 17.4 Å². The Bertz CT molecular complexity index is 418. The quantitative estimate of drug-likeness (QED) is 0.812. The third-order valence-electron chi connectivity index (χ3n) is 3.74. The molecule has 3 atom stereocenters. The van der Waals surface area contributed by atoms with Crippen molar-refractivity contribution in [1.29, 1.82) is 0 Å². The van der Waals surface area contributed by atoms with Gasteiger partial charge in [-0.1, -0.05) is 43.7 Å². The van der Waals surface area contributed by atoms with Crippen molar-refractivity contribution >= 4 is 5.97 Å². The second kappa shape index (κ2) is 5.11. The normalized spacial score (nSPS) is 25.4. The molecule has 0 spiro atoms. The van der Waals surface area contributed by atoms with Crippen LogP contribution in [-0.2, 0) is 4.79 Å². The lowest BCUT2D eigenvalue weighted by atomic mass is 9.96. The zero-order chi connectivity index (χ0) is 13.2. The second-order valence-corrected chi connectivity index (χ2v) is 5.39. The Labute approximate surface area is 108 Å². The number of benzene rings is 1. The second-order valence-electron chi connectivity index (χ2n) is 5.39. The Morgan fingerprint density at radius 3 is 2.67 bits per heavy atom. The van der Waals surface area contributed by atoms with Crippen molar-refractivity contribution in [3.8, 4) is 0 Å². The topological polar surface area (TPSA) is 49.3 Å². The van der Waals surface area contributed by atoms with Gasteiger partial charge in [-0.3, -0.25) is 10.1 Å². The summed E-state index contributed by atoms with van der Waals surface area (Å²) in [5.41, 5.74) is 0.516. The number of hydrogen-bond donors (Lipinski definition) is 2. The maximum Gasteiger partial charge on any atom is 0.323 e. The molecule has 1 aromatic carbocycles. The first-order valence-corrected chi connectivity index (χ1v) is 6.63. The van der Waals surface area contributed by atoms with Gasteiger partial charge in [-0.15, -0.1) is 0 Å². The fourth-order valence-electron chi connectivity index (χ4n) is 2.57. The van der Waals surface area contributed by atoms with Gasteiger partial charge >= 0.3 is 5.97 Å². The summed E-state index contributed by atoms with van der Waals surface area (Å²) in [7, 11) is 0. The summed E-state index contributed by atoms with van der Waals surface area (Å²) in [6.07, 6.45) is 2.58. The molecule has 1 aliphatic rings. The molecule has 0 aromatic heterocycles. The van der Waals surface area contributed by atoms with Crippen molar-refractivity contribution in [2.75, 3.05) is 0 Å². The molecular formula is C15H21NO2. The average molecular weight is 247 g/mol. The van der Waals surface area contributed by atoms with Crippen LogP contribution in [0, 0.1) is 0 Å². The first-order chi connectivity index (χ1) is 8.57. The van der Waals surface area contributed by atoms with E-state index < -0.39 is 11.5 Å². The van der Waals surface area contributed by atoms with E-state index in [4.69, 9.17) is 0 Å². The molecule has 1 saturated carbocycles. The molecule has 1 aromatic rings. The summed E-state index contributed by atoms with van der Waals surface area (Å²) < 4.78 is 0. The highest BCUT2D eigenvalue weighted by molar-refractivity contribution is 5.78. The molecule has 3 unspecified atom stereocenters. The molecule has 3 heteroatoms. The van der Waals surface area contributed by atoms with Crippen LogP contribution in [-0.4, -0.2) is 22.7 Å². The molecular weight excluding hydrogens is 226 g/mol. The fourth-order valence-corrected chi connectivity index (χ4v) is 2.57. The molecule has 1 fully saturated rings. The number of rotatable bonds is 6. The van der Waals surface area contributed by atoms with Crippen molar-refractivity contribution in [3.05, 3.63) is 35.9 Å². The zero-order valence-electron chi connectivity index (χ0n) is 11.0. The smallest absolute Gasteiger partial charge is 0.323 e. The maximum atomic E-state index is 11.4. The highest BCUT2D eigenvalue weighted by Gasteiger charge is 2.44. The largest absolute Gasteiger partial charge is 0.480 e. The Balaban J connectivity index is 1.98. The standard InChI is InChI=1S/C15H21NO2/c1-3-9-15(2,14(17)18)16-13-10-12(13)11-7-5-4-6-8-11/h4-8,12-13,16H,3,9-10H2,1-2H3,(H,17,18). The van der Waals surface area contributed by atoms with Crippen LogP contribution in [0.3, 0.4) is 0 Å². The van der Waals surface area contributed by atoms with Crippen LogP contribution in [0.5, 0.6) is 0 Å². The van der Waals surface area contributed by atoms with Gasteiger partial charge in [0.1, 0.15) is 5.54 Å². The molecule has 0 bridgehead atoms. The minimum Gasteiger partial charge on any atom is -0.480 e. The predicted octanol–water partition coefficient (Wildman–Crippen LogP) is 2.78. The van der Waals surface area contributed by atoms with Gasteiger partial charge in [0, 0.05) is 12.0 Å². The molecule has 2 rings (SSSR count). The van der Waals surface area contributed by atoms with Crippen LogP contribution in [0.2, 0.25) is 0 Å². The highest BCUT2D eigenvalue weighted by atomic mass is 16.4. The molecule has 0 radical (unpaired) electrons. The van der Waals surface area contributed by atoms with E-state index in [0.717, 1.165) is 12.8 Å². The van der Waals surface area contributed by atoms with Crippen LogP contribution in [0.25, 0.3) is 0 Å². The summed E-state index contributed by atoms with van der Waals surface area (Å²) in [6, 6.07) is 10.6. The Morgan fingerprint density at radius 2 is 2.11 bits per heavy atom. The lowest BCUT2D eigenvalue weighted by Gasteiger charge is -2.26. The predicted molar refractivity (Wildman–Crippen MR) is 71.7 cm³/mol. The fraction of sp³-hybridized carbons (Fsp3) is 0.533. The van der Waals surface area contributed by atoms with Gasteiger partial charge in [0.05, 0.1) is 0 Å². The molecule has 3 nitrogen and oxygen atoms in total. The van der Waals surface area contributed by atoms with Gasteiger partial charge in [0.25, 0.3) is 0 Å². The monoisotopic (exact) mass is 247 g/mol. The summed E-state index contributed by atoms with van der Waals surface area (Å²) in [5, 5.41) is 12.7. The number of aliphatic carboxylic acids is 1. The van der Waals surface area contributed by atoms with Crippen molar-refractivity contribution in [1.82, 2.24) is 5.32 Å². The molecule has 0 heterocycles. The first-order valence-electron chi connectivity index (χ1n) is 6.63. The van der Waals surface area contributed by atoms with Crippen molar-refractivity contribution in [2.24, 2.45) is 0 Å². The van der Waals surface area contributed by atoms with E-state index in [9.17, 15) is 9.90 Å². The van der Waals surface area contributed by atoms with E-state index in [1.807, 2.05) is 25.1 Å². The van der Waals surface area contributed by atoms with E-state index >= 15 is 0 Å². The molecule has 98 valence electrons. The Kier molecular flexibility index (Phi) is 3.71. The van der Waals surface area contributed by atoms with Gasteiger partial charge in [-0.2, -0.15) is 0 Å². The SMILES string of the molecule is CCCC(C)(NC1CC1c1ccccc1)C(=O)O. The van der Waals surface area contributed by atoms with Gasteiger partial charge < -0.3 is 5.11 Å². The summed E-state index contributed by atoms with van der Waals surface area (Å²) in [6.45, 7) is 3.81. The van der Waals surface area contributed by atoms with Gasteiger partial charge in [0.2, 0.25) is 0 Å². The van der Waals surface area contributed by atoms with Crippen LogP contribution < -0.4 is 5.32 Å². The molecule has 1 aliphatic carbocycles. The highest BCUT2D eigenvalue weighted by Crippen LogP contribution is 2.42. The van der Waals surface area contributed by atoms with Crippen molar-refractivity contribution < 1.29 is 9.90 Å². The third-order valence-corrected chi connectivity index (χ3v) is 3.74. The summed E-state index contributed by atoms with van der Waals surface area (Å²) in [4.78, 5) is 11.4. The van der Waals surface area contributed by atoms with Crippen LogP contribution in [0.1, 0.15) is 44.6 Å². The van der Waals surface area contributed by atoms with E-state index in [1.165, 1.54) is 5.56 Å². The minimum atomic E-state index is -0.789. The molecule has 18 heavy (non-hydrogen) atoms. The molecule has 0 amide bonds. The number of carbonyl (C=O) groups is 1. The third kappa shape index (κ3) is 2.72. The van der Waals surface area contributed by atoms with Gasteiger partial charge in [0.15, 0.2) is 0 Å². The summed E-state index contributed by atoms with van der Waals surface area (Å²) in [5.74, 6) is -0.273. The lowest BCUT2D eigenvalue weighted by Crippen LogP contribution is -2.50. The van der Waals surface area contributed by atoms with Crippen LogP contribution >= 0.6 is 0 Å².